The highest BCUT2D eigenvalue weighted by Gasteiger charge is 2.22. The van der Waals surface area contributed by atoms with Crippen LogP contribution in [0.15, 0.2) is 53.0 Å². The maximum Gasteiger partial charge on any atom is 0.258 e. The van der Waals surface area contributed by atoms with Crippen LogP contribution in [0.5, 0.6) is 11.5 Å². The molecule has 0 saturated carbocycles. The van der Waals surface area contributed by atoms with Crippen LogP contribution in [0.3, 0.4) is 0 Å². The molecule has 22 heavy (non-hydrogen) atoms. The number of hydrogen-bond donors (Lipinski definition) is 1. The van der Waals surface area contributed by atoms with Gasteiger partial charge in [-0.3, -0.25) is 4.79 Å². The number of amides is 1. The van der Waals surface area contributed by atoms with E-state index in [1.54, 1.807) is 0 Å². The number of fused-ring (bicyclic) bond motifs is 1. The number of ether oxygens (including phenoxy) is 2. The van der Waals surface area contributed by atoms with Gasteiger partial charge >= 0.3 is 0 Å². The van der Waals surface area contributed by atoms with Crippen molar-refractivity contribution >= 4 is 21.8 Å². The maximum atomic E-state index is 12.1. The summed E-state index contributed by atoms with van der Waals surface area (Å²) in [6.07, 6.45) is 0.764. The summed E-state index contributed by atoms with van der Waals surface area (Å²) < 4.78 is 12.0. The third-order valence-corrected chi connectivity index (χ3v) is 3.95. The second kappa shape index (κ2) is 6.83. The average molecular weight is 362 g/mol. The first-order valence-electron chi connectivity index (χ1n) is 7.12. The molecule has 5 heteroatoms. The Morgan fingerprint density at radius 2 is 2.14 bits per heavy atom. The molecule has 1 amide bonds. The van der Waals surface area contributed by atoms with Gasteiger partial charge in [-0.25, -0.2) is 0 Å². The lowest BCUT2D eigenvalue weighted by Gasteiger charge is -2.26. The number of halogens is 1. The Bertz CT molecular complexity index is 674. The van der Waals surface area contributed by atoms with E-state index in [2.05, 4.69) is 21.2 Å². The van der Waals surface area contributed by atoms with Gasteiger partial charge in [0.15, 0.2) is 6.61 Å². The maximum absolute atomic E-state index is 12.1. The molecular formula is C17H16BrNO3. The number of hydrogen-bond acceptors (Lipinski definition) is 3. The fraction of sp³-hybridized carbons (Fsp3) is 0.235. The van der Waals surface area contributed by atoms with Crippen LogP contribution < -0.4 is 14.8 Å². The molecule has 0 radical (unpaired) electrons. The van der Waals surface area contributed by atoms with Crippen molar-refractivity contribution in [3.8, 4) is 11.5 Å². The van der Waals surface area contributed by atoms with Gasteiger partial charge in [-0.05, 0) is 24.3 Å². The number of para-hydroxylation sites is 1. The number of rotatable bonds is 4. The number of carbonyl (C=O) groups is 1. The molecular weight excluding hydrogens is 346 g/mol. The van der Waals surface area contributed by atoms with Crippen LogP contribution in [0.1, 0.15) is 18.0 Å². The van der Waals surface area contributed by atoms with E-state index < -0.39 is 0 Å². The Kier molecular flexibility index (Phi) is 4.63. The van der Waals surface area contributed by atoms with Crippen molar-refractivity contribution in [3.05, 3.63) is 58.6 Å². The normalized spacial score (nSPS) is 16.3. The lowest BCUT2D eigenvalue weighted by Crippen LogP contribution is -2.35. The van der Waals surface area contributed by atoms with Crippen LogP contribution in [0, 0.1) is 0 Å². The molecule has 4 nitrogen and oxygen atoms in total. The quantitative estimate of drug-likeness (QED) is 0.906. The van der Waals surface area contributed by atoms with Gasteiger partial charge in [-0.2, -0.15) is 0 Å². The van der Waals surface area contributed by atoms with Crippen molar-refractivity contribution < 1.29 is 14.3 Å². The molecule has 0 spiro atoms. The summed E-state index contributed by atoms with van der Waals surface area (Å²) in [6.45, 7) is 0.602. The smallest absolute Gasteiger partial charge is 0.258 e. The Balaban J connectivity index is 1.59. The summed E-state index contributed by atoms with van der Waals surface area (Å²) in [5.41, 5.74) is 1.02. The van der Waals surface area contributed by atoms with Crippen LogP contribution in [0.2, 0.25) is 0 Å². The first-order valence-corrected chi connectivity index (χ1v) is 7.91. The fourth-order valence-electron chi connectivity index (χ4n) is 2.43. The standard InChI is InChI=1S/C17H16BrNO3/c18-12-4-3-5-13(10-12)22-11-17(20)19-15-8-9-21-16-7-2-1-6-14(15)16/h1-7,10,15H,8-9,11H2,(H,19,20). The minimum atomic E-state index is -0.137. The molecule has 1 aliphatic heterocycles. The van der Waals surface area contributed by atoms with Crippen LogP contribution >= 0.6 is 15.9 Å². The monoisotopic (exact) mass is 361 g/mol. The molecule has 0 bridgehead atoms. The summed E-state index contributed by atoms with van der Waals surface area (Å²) >= 11 is 3.37. The first kappa shape index (κ1) is 14.9. The predicted octanol–water partition coefficient (Wildman–Crippen LogP) is 3.47. The fourth-order valence-corrected chi connectivity index (χ4v) is 2.81. The van der Waals surface area contributed by atoms with Gasteiger partial charge in [0.05, 0.1) is 12.6 Å². The van der Waals surface area contributed by atoms with Crippen molar-refractivity contribution in [1.82, 2.24) is 5.32 Å². The lowest BCUT2D eigenvalue weighted by atomic mass is 10.0. The van der Waals surface area contributed by atoms with Gasteiger partial charge in [0.1, 0.15) is 11.5 Å². The van der Waals surface area contributed by atoms with Crippen molar-refractivity contribution in [2.24, 2.45) is 0 Å². The Morgan fingerprint density at radius 1 is 1.27 bits per heavy atom. The highest BCUT2D eigenvalue weighted by Crippen LogP contribution is 2.31. The summed E-state index contributed by atoms with van der Waals surface area (Å²) in [7, 11) is 0. The van der Waals surface area contributed by atoms with E-state index >= 15 is 0 Å². The predicted molar refractivity (Wildman–Crippen MR) is 87.1 cm³/mol. The van der Waals surface area contributed by atoms with E-state index in [9.17, 15) is 4.79 Å². The summed E-state index contributed by atoms with van der Waals surface area (Å²) in [5, 5.41) is 3.00. The summed E-state index contributed by atoms with van der Waals surface area (Å²) in [4.78, 5) is 12.1. The van der Waals surface area contributed by atoms with Crippen LogP contribution in [-0.4, -0.2) is 19.1 Å². The summed E-state index contributed by atoms with van der Waals surface area (Å²) in [6, 6.07) is 15.2. The molecule has 1 heterocycles. The summed E-state index contributed by atoms with van der Waals surface area (Å²) in [5.74, 6) is 1.37. The van der Waals surface area contributed by atoms with E-state index in [0.29, 0.717) is 12.4 Å². The zero-order chi connectivity index (χ0) is 15.4. The van der Waals surface area contributed by atoms with Crippen molar-refractivity contribution in [3.63, 3.8) is 0 Å². The Morgan fingerprint density at radius 3 is 3.00 bits per heavy atom. The SMILES string of the molecule is O=C(COc1cccc(Br)c1)NC1CCOc2ccccc21. The van der Waals surface area contributed by atoms with Gasteiger partial charge in [-0.15, -0.1) is 0 Å². The molecule has 0 fully saturated rings. The van der Waals surface area contributed by atoms with Crippen molar-refractivity contribution in [2.75, 3.05) is 13.2 Å². The van der Waals surface area contributed by atoms with Crippen LogP contribution in [-0.2, 0) is 4.79 Å². The van der Waals surface area contributed by atoms with E-state index in [1.165, 1.54) is 0 Å². The van der Waals surface area contributed by atoms with Gasteiger partial charge in [0, 0.05) is 16.5 Å². The number of nitrogens with one attached hydrogen (secondary N) is 1. The number of benzene rings is 2. The molecule has 0 aromatic heterocycles. The van der Waals surface area contributed by atoms with E-state index in [0.717, 1.165) is 22.2 Å². The minimum absolute atomic E-state index is 0.00399. The largest absolute Gasteiger partial charge is 0.493 e. The zero-order valence-corrected chi connectivity index (χ0v) is 13.5. The molecule has 2 aromatic rings. The van der Waals surface area contributed by atoms with E-state index in [1.807, 2.05) is 48.5 Å². The van der Waals surface area contributed by atoms with E-state index in [4.69, 9.17) is 9.47 Å². The van der Waals surface area contributed by atoms with Crippen LogP contribution in [0.25, 0.3) is 0 Å². The average Bonchev–Trinajstić information content (AvgIpc) is 2.53. The lowest BCUT2D eigenvalue weighted by molar-refractivity contribution is -0.124. The third-order valence-electron chi connectivity index (χ3n) is 3.46. The van der Waals surface area contributed by atoms with Gasteiger partial charge in [0.2, 0.25) is 0 Å². The number of carbonyl (C=O) groups excluding carboxylic acids is 1. The second-order valence-corrected chi connectivity index (χ2v) is 5.96. The van der Waals surface area contributed by atoms with Crippen molar-refractivity contribution in [2.45, 2.75) is 12.5 Å². The third kappa shape index (κ3) is 3.60. The topological polar surface area (TPSA) is 47.6 Å². The molecule has 2 aromatic carbocycles. The molecule has 114 valence electrons. The van der Waals surface area contributed by atoms with Gasteiger partial charge < -0.3 is 14.8 Å². The highest BCUT2D eigenvalue weighted by atomic mass is 79.9. The highest BCUT2D eigenvalue weighted by molar-refractivity contribution is 9.10. The molecule has 0 saturated heterocycles. The second-order valence-electron chi connectivity index (χ2n) is 5.04. The molecule has 1 atom stereocenters. The Labute approximate surface area is 137 Å². The van der Waals surface area contributed by atoms with Crippen LogP contribution in [0.4, 0.5) is 0 Å². The minimum Gasteiger partial charge on any atom is -0.493 e. The molecule has 1 aliphatic rings. The van der Waals surface area contributed by atoms with Crippen molar-refractivity contribution in [1.29, 1.82) is 0 Å². The zero-order valence-electron chi connectivity index (χ0n) is 11.9. The first-order chi connectivity index (χ1) is 10.7. The Hall–Kier alpha value is -2.01. The van der Waals surface area contributed by atoms with Gasteiger partial charge in [0.25, 0.3) is 5.91 Å². The molecule has 3 rings (SSSR count). The van der Waals surface area contributed by atoms with Gasteiger partial charge in [-0.1, -0.05) is 40.2 Å². The molecule has 1 N–H and O–H groups in total. The molecule has 1 unspecified atom stereocenters. The van der Waals surface area contributed by atoms with E-state index in [-0.39, 0.29) is 18.6 Å². The molecule has 0 aliphatic carbocycles.